The molecule has 1 rings (SSSR count). The first-order chi connectivity index (χ1) is 11.1. The molecule has 3 N–H and O–H groups in total. The molecule has 1 aromatic carbocycles. The first kappa shape index (κ1) is 20.1. The summed E-state index contributed by atoms with van der Waals surface area (Å²) >= 11 is 4.96. The summed E-state index contributed by atoms with van der Waals surface area (Å²) in [4.78, 5) is 12.0. The summed E-state index contributed by atoms with van der Waals surface area (Å²) in [5.41, 5.74) is 6.68. The van der Waals surface area contributed by atoms with E-state index >= 15 is 0 Å². The van der Waals surface area contributed by atoms with Gasteiger partial charge in [-0.3, -0.25) is 15.6 Å². The predicted octanol–water partition coefficient (Wildman–Crippen LogP) is 0.687. The van der Waals surface area contributed by atoms with E-state index in [2.05, 4.69) is 22.7 Å². The number of carbonyl (C=O) groups excluding carboxylic acids is 1. The van der Waals surface area contributed by atoms with Crippen LogP contribution in [0.25, 0.3) is 0 Å². The van der Waals surface area contributed by atoms with Crippen LogP contribution in [0.4, 0.5) is 0 Å². The highest BCUT2D eigenvalue weighted by molar-refractivity contribution is 7.89. The lowest BCUT2D eigenvalue weighted by Crippen LogP contribution is -2.50. The van der Waals surface area contributed by atoms with Gasteiger partial charge in [0.15, 0.2) is 5.11 Å². The molecule has 1 aromatic rings. The van der Waals surface area contributed by atoms with Crippen molar-refractivity contribution in [2.45, 2.75) is 18.7 Å². The van der Waals surface area contributed by atoms with Gasteiger partial charge in [-0.15, -0.1) is 0 Å². The third-order valence-electron chi connectivity index (χ3n) is 2.96. The summed E-state index contributed by atoms with van der Waals surface area (Å²) in [7, 11) is -2.39. The molecule has 0 saturated heterocycles. The smallest absolute Gasteiger partial charge is 0.253 e. The number of sulfonamides is 1. The molecule has 0 saturated carbocycles. The molecule has 0 fully saturated rings. The van der Waals surface area contributed by atoms with E-state index in [4.69, 9.17) is 12.2 Å². The number of hydrogen-bond donors (Lipinski definition) is 3. The fourth-order valence-corrected chi connectivity index (χ4v) is 2.87. The zero-order valence-electron chi connectivity index (χ0n) is 13.9. The molecule has 0 aliphatic heterocycles. The molecular formula is C15H22N4O3S2. The first-order valence-corrected chi connectivity index (χ1v) is 8.98. The molecule has 0 bridgehead atoms. The molecule has 0 aliphatic carbocycles. The van der Waals surface area contributed by atoms with Crippen molar-refractivity contribution in [3.8, 4) is 0 Å². The van der Waals surface area contributed by atoms with E-state index in [0.29, 0.717) is 6.54 Å². The van der Waals surface area contributed by atoms with Crippen LogP contribution < -0.4 is 16.2 Å². The number of rotatable bonds is 6. The van der Waals surface area contributed by atoms with E-state index in [-0.39, 0.29) is 16.6 Å². The Morgan fingerprint density at radius 2 is 1.83 bits per heavy atom. The van der Waals surface area contributed by atoms with Crippen molar-refractivity contribution in [2.75, 3.05) is 20.1 Å². The molecule has 1 amide bonds. The van der Waals surface area contributed by atoms with Gasteiger partial charge in [0.25, 0.3) is 5.91 Å². The van der Waals surface area contributed by atoms with Crippen molar-refractivity contribution in [3.63, 3.8) is 0 Å². The number of hydrogen-bond acceptors (Lipinski definition) is 4. The summed E-state index contributed by atoms with van der Waals surface area (Å²) in [5.74, 6) is -0.535. The van der Waals surface area contributed by atoms with Gasteiger partial charge in [0.05, 0.1) is 11.4 Å². The highest BCUT2D eigenvalue weighted by atomic mass is 32.2. The monoisotopic (exact) mass is 370 g/mol. The van der Waals surface area contributed by atoms with Gasteiger partial charge in [-0.25, -0.2) is 8.42 Å². The number of benzene rings is 1. The summed E-state index contributed by atoms with van der Waals surface area (Å²) in [5, 5.41) is 3.04. The quantitative estimate of drug-likeness (QED) is 0.388. The number of thiocarbonyl (C=S) groups is 1. The second-order valence-corrected chi connectivity index (χ2v) is 7.84. The molecule has 132 valence electrons. The van der Waals surface area contributed by atoms with Crippen LogP contribution in [-0.2, 0) is 14.8 Å². The predicted molar refractivity (Wildman–Crippen MR) is 97.7 cm³/mol. The fraction of sp³-hybridized carbons (Fsp3) is 0.333. The SMILES string of the molecule is C=C(C)CNC(=S)NNC(=O)CN(C)S(=O)(=O)c1ccc(C)cc1. The Balaban J connectivity index is 2.55. The second-order valence-electron chi connectivity index (χ2n) is 5.39. The molecule has 0 spiro atoms. The van der Waals surface area contributed by atoms with Gasteiger partial charge >= 0.3 is 0 Å². The standard InChI is InChI=1S/C15H22N4O3S2/c1-11(2)9-16-15(23)18-17-14(20)10-19(4)24(21,22)13-7-5-12(3)6-8-13/h5-8H,1,9-10H2,2-4H3,(H,17,20)(H2,16,18,23). The number of nitrogens with zero attached hydrogens (tertiary/aromatic N) is 1. The summed E-state index contributed by atoms with van der Waals surface area (Å²) in [6, 6.07) is 6.42. The molecule has 9 heteroatoms. The van der Waals surface area contributed by atoms with E-state index < -0.39 is 15.9 Å². The summed E-state index contributed by atoms with van der Waals surface area (Å²) in [6.07, 6.45) is 0. The molecule has 0 aromatic heterocycles. The number of hydrazine groups is 1. The third-order valence-corrected chi connectivity index (χ3v) is 5.03. The maximum absolute atomic E-state index is 12.4. The van der Waals surface area contributed by atoms with Crippen molar-refractivity contribution in [2.24, 2.45) is 0 Å². The van der Waals surface area contributed by atoms with Gasteiger partial charge in [0, 0.05) is 13.6 Å². The minimum absolute atomic E-state index is 0.134. The lowest BCUT2D eigenvalue weighted by atomic mass is 10.2. The van der Waals surface area contributed by atoms with Gasteiger partial charge in [0.2, 0.25) is 10.0 Å². The lowest BCUT2D eigenvalue weighted by Gasteiger charge is -2.18. The van der Waals surface area contributed by atoms with Crippen molar-refractivity contribution >= 4 is 33.3 Å². The van der Waals surface area contributed by atoms with Gasteiger partial charge in [0.1, 0.15) is 0 Å². The first-order valence-electron chi connectivity index (χ1n) is 7.13. The summed E-state index contributed by atoms with van der Waals surface area (Å²) < 4.78 is 25.7. The average molecular weight is 371 g/mol. The van der Waals surface area contributed by atoms with Crippen LogP contribution in [0.5, 0.6) is 0 Å². The van der Waals surface area contributed by atoms with Gasteiger partial charge in [-0.2, -0.15) is 4.31 Å². The minimum Gasteiger partial charge on any atom is -0.358 e. The van der Waals surface area contributed by atoms with Crippen LogP contribution in [0.3, 0.4) is 0 Å². The van der Waals surface area contributed by atoms with Crippen molar-refractivity contribution < 1.29 is 13.2 Å². The van der Waals surface area contributed by atoms with E-state index in [0.717, 1.165) is 15.4 Å². The van der Waals surface area contributed by atoms with Crippen molar-refractivity contribution in [1.29, 1.82) is 0 Å². The number of carbonyl (C=O) groups is 1. The van der Waals surface area contributed by atoms with Crippen LogP contribution in [0, 0.1) is 6.92 Å². The number of nitrogens with one attached hydrogen (secondary N) is 3. The van der Waals surface area contributed by atoms with E-state index in [1.165, 1.54) is 19.2 Å². The molecule has 0 aliphatic rings. The Hall–Kier alpha value is -1.97. The average Bonchev–Trinajstić information content (AvgIpc) is 2.51. The normalized spacial score (nSPS) is 11.0. The molecule has 24 heavy (non-hydrogen) atoms. The number of likely N-dealkylation sites (N-methyl/N-ethyl adjacent to an activating group) is 1. The van der Waals surface area contributed by atoms with E-state index in [1.54, 1.807) is 12.1 Å². The zero-order chi connectivity index (χ0) is 18.3. The number of aryl methyl sites for hydroxylation is 1. The van der Waals surface area contributed by atoms with Gasteiger partial charge in [-0.1, -0.05) is 29.8 Å². The maximum atomic E-state index is 12.4. The Bertz CT molecular complexity index is 715. The maximum Gasteiger partial charge on any atom is 0.253 e. The topological polar surface area (TPSA) is 90.5 Å². The Morgan fingerprint density at radius 3 is 2.38 bits per heavy atom. The van der Waals surface area contributed by atoms with Crippen molar-refractivity contribution in [3.05, 3.63) is 42.0 Å². The minimum atomic E-state index is -3.73. The lowest BCUT2D eigenvalue weighted by molar-refractivity contribution is -0.121. The van der Waals surface area contributed by atoms with Gasteiger partial charge < -0.3 is 5.32 Å². The Labute approximate surface area is 148 Å². The number of amides is 1. The van der Waals surface area contributed by atoms with E-state index in [9.17, 15) is 13.2 Å². The Kier molecular flexibility index (Phi) is 7.33. The van der Waals surface area contributed by atoms with E-state index in [1.807, 2.05) is 13.8 Å². The molecule has 0 atom stereocenters. The van der Waals surface area contributed by atoms with Crippen molar-refractivity contribution in [1.82, 2.24) is 20.5 Å². The highest BCUT2D eigenvalue weighted by Gasteiger charge is 2.22. The molecule has 0 unspecified atom stereocenters. The van der Waals surface area contributed by atoms with Crippen LogP contribution in [0.1, 0.15) is 12.5 Å². The van der Waals surface area contributed by atoms with Crippen LogP contribution in [0.2, 0.25) is 0 Å². The second kappa shape index (κ2) is 8.76. The van der Waals surface area contributed by atoms with Crippen LogP contribution >= 0.6 is 12.2 Å². The third kappa shape index (κ3) is 6.26. The zero-order valence-corrected chi connectivity index (χ0v) is 15.6. The molecule has 0 radical (unpaired) electrons. The van der Waals surface area contributed by atoms with Crippen LogP contribution in [-0.4, -0.2) is 43.9 Å². The summed E-state index contributed by atoms with van der Waals surface area (Å²) in [6.45, 7) is 7.54. The Morgan fingerprint density at radius 1 is 1.25 bits per heavy atom. The highest BCUT2D eigenvalue weighted by Crippen LogP contribution is 2.14. The molecular weight excluding hydrogens is 348 g/mol. The largest absolute Gasteiger partial charge is 0.358 e. The molecule has 7 nitrogen and oxygen atoms in total. The van der Waals surface area contributed by atoms with Gasteiger partial charge in [-0.05, 0) is 38.2 Å². The molecule has 0 heterocycles. The van der Waals surface area contributed by atoms with Crippen LogP contribution in [0.15, 0.2) is 41.3 Å². The fourth-order valence-electron chi connectivity index (χ4n) is 1.62.